The average Bonchev–Trinajstić information content (AvgIpc) is 2.43. The lowest BCUT2D eigenvalue weighted by molar-refractivity contribution is -0.128. The second kappa shape index (κ2) is 7.41. The van der Waals surface area contributed by atoms with Gasteiger partial charge in [0.2, 0.25) is 12.3 Å². The van der Waals surface area contributed by atoms with Crippen molar-refractivity contribution in [3.63, 3.8) is 0 Å². The van der Waals surface area contributed by atoms with E-state index in [1.807, 2.05) is 0 Å². The number of carbonyl (C=O) groups is 2. The lowest BCUT2D eigenvalue weighted by atomic mass is 9.85. The van der Waals surface area contributed by atoms with Crippen LogP contribution in [0.1, 0.15) is 24.8 Å². The third-order valence-corrected chi connectivity index (χ3v) is 4.01. The molecule has 114 valence electrons. The summed E-state index contributed by atoms with van der Waals surface area (Å²) in [6, 6.07) is 4.64. The Kier molecular flexibility index (Phi) is 5.56. The Bertz CT molecular complexity index is 520. The number of rotatable bonds is 7. The van der Waals surface area contributed by atoms with Gasteiger partial charge in [-0.25, -0.2) is 4.39 Å². The van der Waals surface area contributed by atoms with Gasteiger partial charge in [0.15, 0.2) is 0 Å². The van der Waals surface area contributed by atoms with Crippen molar-refractivity contribution in [2.24, 2.45) is 5.92 Å². The zero-order valence-corrected chi connectivity index (χ0v) is 12.4. The van der Waals surface area contributed by atoms with Crippen molar-refractivity contribution in [3.05, 3.63) is 34.6 Å². The molecule has 6 heteroatoms. The van der Waals surface area contributed by atoms with E-state index >= 15 is 0 Å². The summed E-state index contributed by atoms with van der Waals surface area (Å²) in [5.74, 6) is -0.324. The molecule has 1 aromatic rings. The molecule has 2 rings (SSSR count). The summed E-state index contributed by atoms with van der Waals surface area (Å²) in [5.41, 5.74) is 0.326. The quantitative estimate of drug-likeness (QED) is 0.786. The van der Waals surface area contributed by atoms with Crippen LogP contribution in [0.4, 0.5) is 4.39 Å². The van der Waals surface area contributed by atoms with Crippen LogP contribution in [0.15, 0.2) is 18.2 Å². The Hall–Kier alpha value is -1.62. The minimum absolute atomic E-state index is 0.00217. The van der Waals surface area contributed by atoms with Gasteiger partial charge in [-0.3, -0.25) is 9.59 Å². The summed E-state index contributed by atoms with van der Waals surface area (Å²) in [6.45, 7) is 0.673. The van der Waals surface area contributed by atoms with Gasteiger partial charge < -0.3 is 10.2 Å². The molecule has 1 fully saturated rings. The van der Waals surface area contributed by atoms with Crippen molar-refractivity contribution in [1.29, 1.82) is 0 Å². The van der Waals surface area contributed by atoms with Crippen LogP contribution in [-0.2, 0) is 16.1 Å². The van der Waals surface area contributed by atoms with E-state index in [9.17, 15) is 14.0 Å². The lowest BCUT2D eigenvalue weighted by Crippen LogP contribution is -2.39. The standard InChI is InChI=1S/C15H18ClFN2O2/c16-13-6-2-5-12(15(13)17)7-18-14(21)9-19(10-20)8-11-3-1-4-11/h2,5-6,10-11H,1,3-4,7-9H2,(H,18,21). The third-order valence-electron chi connectivity index (χ3n) is 3.72. The number of benzene rings is 1. The molecular weight excluding hydrogens is 295 g/mol. The smallest absolute Gasteiger partial charge is 0.239 e. The van der Waals surface area contributed by atoms with E-state index in [4.69, 9.17) is 11.6 Å². The van der Waals surface area contributed by atoms with E-state index < -0.39 is 5.82 Å². The lowest BCUT2D eigenvalue weighted by Gasteiger charge is -2.29. The molecule has 0 aromatic heterocycles. The van der Waals surface area contributed by atoms with Crippen molar-refractivity contribution in [2.75, 3.05) is 13.1 Å². The van der Waals surface area contributed by atoms with Gasteiger partial charge in [-0.15, -0.1) is 0 Å². The average molecular weight is 313 g/mol. The number of hydrogen-bond acceptors (Lipinski definition) is 2. The predicted octanol–water partition coefficient (Wildman–Crippen LogP) is 2.35. The number of hydrogen-bond donors (Lipinski definition) is 1. The summed E-state index contributed by atoms with van der Waals surface area (Å²) in [4.78, 5) is 24.2. The highest BCUT2D eigenvalue weighted by Crippen LogP contribution is 2.26. The van der Waals surface area contributed by atoms with Gasteiger partial charge in [-0.2, -0.15) is 0 Å². The fourth-order valence-electron chi connectivity index (χ4n) is 2.27. The van der Waals surface area contributed by atoms with E-state index in [1.54, 1.807) is 12.1 Å². The first-order valence-electron chi connectivity index (χ1n) is 6.99. The summed E-state index contributed by atoms with van der Waals surface area (Å²) in [6.07, 6.45) is 4.11. The van der Waals surface area contributed by atoms with E-state index in [0.717, 1.165) is 12.8 Å². The van der Waals surface area contributed by atoms with Crippen molar-refractivity contribution >= 4 is 23.9 Å². The van der Waals surface area contributed by atoms with Crippen LogP contribution < -0.4 is 5.32 Å². The molecule has 0 aliphatic heterocycles. The van der Waals surface area contributed by atoms with Crippen molar-refractivity contribution in [1.82, 2.24) is 10.2 Å². The molecule has 0 spiro atoms. The first-order valence-corrected chi connectivity index (χ1v) is 7.37. The predicted molar refractivity (Wildman–Crippen MR) is 78.2 cm³/mol. The largest absolute Gasteiger partial charge is 0.350 e. The molecule has 0 unspecified atom stereocenters. The topological polar surface area (TPSA) is 49.4 Å². The molecule has 0 heterocycles. The third kappa shape index (κ3) is 4.43. The second-order valence-corrected chi connectivity index (χ2v) is 5.73. The molecule has 21 heavy (non-hydrogen) atoms. The maximum atomic E-state index is 13.7. The van der Waals surface area contributed by atoms with Crippen LogP contribution in [0.25, 0.3) is 0 Å². The number of carbonyl (C=O) groups excluding carboxylic acids is 2. The summed E-state index contributed by atoms with van der Waals surface area (Å²) >= 11 is 5.67. The Morgan fingerprint density at radius 2 is 2.24 bits per heavy atom. The number of amides is 2. The molecule has 1 N–H and O–H groups in total. The SMILES string of the molecule is O=CN(CC(=O)NCc1cccc(Cl)c1F)CC1CCC1. The molecule has 2 amide bonds. The molecule has 0 radical (unpaired) electrons. The summed E-state index contributed by atoms with van der Waals surface area (Å²) in [5, 5.41) is 2.63. The van der Waals surface area contributed by atoms with Gasteiger partial charge >= 0.3 is 0 Å². The summed E-state index contributed by atoms with van der Waals surface area (Å²) in [7, 11) is 0. The highest BCUT2D eigenvalue weighted by molar-refractivity contribution is 6.30. The second-order valence-electron chi connectivity index (χ2n) is 5.32. The Labute approximate surface area is 128 Å². The van der Waals surface area contributed by atoms with Gasteiger partial charge in [-0.1, -0.05) is 30.2 Å². The van der Waals surface area contributed by atoms with Crippen molar-refractivity contribution in [2.45, 2.75) is 25.8 Å². The zero-order valence-electron chi connectivity index (χ0n) is 11.6. The van der Waals surface area contributed by atoms with E-state index in [0.29, 0.717) is 24.4 Å². The fraction of sp³-hybridized carbons (Fsp3) is 0.467. The maximum Gasteiger partial charge on any atom is 0.239 e. The first kappa shape index (κ1) is 15.8. The number of nitrogens with one attached hydrogen (secondary N) is 1. The van der Waals surface area contributed by atoms with Crippen LogP contribution in [0.5, 0.6) is 0 Å². The summed E-state index contributed by atoms with van der Waals surface area (Å²) < 4.78 is 13.7. The van der Waals surface area contributed by atoms with Gasteiger partial charge in [-0.05, 0) is 24.8 Å². The molecular formula is C15H18ClFN2O2. The zero-order chi connectivity index (χ0) is 15.2. The highest BCUT2D eigenvalue weighted by atomic mass is 35.5. The van der Waals surface area contributed by atoms with Crippen LogP contribution >= 0.6 is 11.6 Å². The molecule has 4 nitrogen and oxygen atoms in total. The van der Waals surface area contributed by atoms with E-state index in [2.05, 4.69) is 5.32 Å². The van der Waals surface area contributed by atoms with Gasteiger partial charge in [0, 0.05) is 18.7 Å². The highest BCUT2D eigenvalue weighted by Gasteiger charge is 2.21. The Morgan fingerprint density at radius 1 is 1.48 bits per heavy atom. The normalized spacial score (nSPS) is 14.4. The van der Waals surface area contributed by atoms with Gasteiger partial charge in [0.1, 0.15) is 5.82 Å². The van der Waals surface area contributed by atoms with Crippen LogP contribution in [0.3, 0.4) is 0 Å². The number of nitrogens with zero attached hydrogens (tertiary/aromatic N) is 1. The minimum Gasteiger partial charge on any atom is -0.350 e. The minimum atomic E-state index is -0.527. The molecule has 1 aromatic carbocycles. The maximum absolute atomic E-state index is 13.7. The molecule has 1 aliphatic rings. The van der Waals surface area contributed by atoms with Crippen molar-refractivity contribution < 1.29 is 14.0 Å². The first-order chi connectivity index (χ1) is 10.1. The molecule has 1 saturated carbocycles. The fourth-order valence-corrected chi connectivity index (χ4v) is 2.47. The van der Waals surface area contributed by atoms with E-state index in [1.165, 1.54) is 17.4 Å². The van der Waals surface area contributed by atoms with Crippen molar-refractivity contribution in [3.8, 4) is 0 Å². The Balaban J connectivity index is 1.80. The van der Waals surface area contributed by atoms with Crippen LogP contribution in [0.2, 0.25) is 5.02 Å². The van der Waals surface area contributed by atoms with E-state index in [-0.39, 0.29) is 24.0 Å². The molecule has 0 saturated heterocycles. The Morgan fingerprint density at radius 3 is 2.86 bits per heavy atom. The number of halogens is 2. The van der Waals surface area contributed by atoms with Gasteiger partial charge in [0.25, 0.3) is 0 Å². The molecule has 0 atom stereocenters. The molecule has 0 bridgehead atoms. The molecule has 1 aliphatic carbocycles. The van der Waals surface area contributed by atoms with Gasteiger partial charge in [0.05, 0.1) is 11.6 Å². The van der Waals surface area contributed by atoms with Crippen LogP contribution in [0, 0.1) is 11.7 Å². The van der Waals surface area contributed by atoms with Crippen LogP contribution in [-0.4, -0.2) is 30.3 Å². The monoisotopic (exact) mass is 312 g/mol.